The standard InChI is InChI=1S/C13H14N2O3/c1-8-12(7-14-15(8)2)10-5-4-9(18-3)6-11(10)13(16)17/h4-7H,1-3H3,(H,16,17). The zero-order chi connectivity index (χ0) is 13.3. The highest BCUT2D eigenvalue weighted by Gasteiger charge is 2.16. The van der Waals surface area contributed by atoms with E-state index in [0.717, 1.165) is 11.3 Å². The second kappa shape index (κ2) is 4.52. The molecule has 0 atom stereocenters. The number of ether oxygens (including phenoxy) is 1. The molecule has 5 nitrogen and oxygen atoms in total. The molecule has 2 rings (SSSR count). The molecule has 2 aromatic rings. The molecule has 1 aromatic heterocycles. The predicted octanol–water partition coefficient (Wildman–Crippen LogP) is 2.10. The maximum Gasteiger partial charge on any atom is 0.336 e. The van der Waals surface area contributed by atoms with Crippen molar-refractivity contribution in [3.8, 4) is 16.9 Å². The van der Waals surface area contributed by atoms with Crippen LogP contribution in [0.15, 0.2) is 24.4 Å². The number of nitrogens with zero attached hydrogens (tertiary/aromatic N) is 2. The van der Waals surface area contributed by atoms with E-state index >= 15 is 0 Å². The van der Waals surface area contributed by atoms with Crippen LogP contribution in [0.5, 0.6) is 5.75 Å². The van der Waals surface area contributed by atoms with Crippen molar-refractivity contribution < 1.29 is 14.6 Å². The van der Waals surface area contributed by atoms with E-state index in [9.17, 15) is 9.90 Å². The first kappa shape index (κ1) is 12.2. The van der Waals surface area contributed by atoms with Crippen molar-refractivity contribution in [2.45, 2.75) is 6.92 Å². The highest BCUT2D eigenvalue weighted by Crippen LogP contribution is 2.29. The third kappa shape index (κ3) is 1.95. The van der Waals surface area contributed by atoms with Crippen LogP contribution in [0.2, 0.25) is 0 Å². The molecule has 5 heteroatoms. The minimum Gasteiger partial charge on any atom is -0.497 e. The van der Waals surface area contributed by atoms with Crippen molar-refractivity contribution in [3.05, 3.63) is 35.7 Å². The van der Waals surface area contributed by atoms with E-state index in [-0.39, 0.29) is 5.56 Å². The third-order valence-electron chi connectivity index (χ3n) is 2.98. The smallest absolute Gasteiger partial charge is 0.336 e. The number of carboxylic acids is 1. The molecule has 1 N–H and O–H groups in total. The summed E-state index contributed by atoms with van der Waals surface area (Å²) in [7, 11) is 3.33. The molecule has 0 aliphatic carbocycles. The topological polar surface area (TPSA) is 64.4 Å². The van der Waals surface area contributed by atoms with Gasteiger partial charge in [-0.3, -0.25) is 4.68 Å². The van der Waals surface area contributed by atoms with Gasteiger partial charge in [-0.2, -0.15) is 5.10 Å². The minimum absolute atomic E-state index is 0.213. The van der Waals surface area contributed by atoms with Crippen LogP contribution in [0, 0.1) is 6.92 Å². The first-order valence-corrected chi connectivity index (χ1v) is 5.45. The molecular formula is C13H14N2O3. The second-order valence-corrected chi connectivity index (χ2v) is 3.98. The van der Waals surface area contributed by atoms with E-state index in [4.69, 9.17) is 4.74 Å². The fourth-order valence-corrected chi connectivity index (χ4v) is 1.83. The van der Waals surface area contributed by atoms with E-state index in [2.05, 4.69) is 5.10 Å². The van der Waals surface area contributed by atoms with Gasteiger partial charge >= 0.3 is 5.97 Å². The Morgan fingerprint density at radius 1 is 1.39 bits per heavy atom. The van der Waals surface area contributed by atoms with Gasteiger partial charge in [-0.15, -0.1) is 0 Å². The van der Waals surface area contributed by atoms with E-state index in [0.29, 0.717) is 11.3 Å². The Bertz CT molecular complexity index is 602. The minimum atomic E-state index is -0.979. The van der Waals surface area contributed by atoms with E-state index < -0.39 is 5.97 Å². The normalized spacial score (nSPS) is 10.4. The maximum atomic E-state index is 11.3. The number of aromatic carboxylic acids is 1. The van der Waals surface area contributed by atoms with Crippen LogP contribution in [0.3, 0.4) is 0 Å². The van der Waals surface area contributed by atoms with Crippen molar-refractivity contribution in [2.75, 3.05) is 7.11 Å². The first-order valence-electron chi connectivity index (χ1n) is 5.45. The summed E-state index contributed by atoms with van der Waals surface area (Å²) in [6, 6.07) is 5.00. The van der Waals surface area contributed by atoms with Crippen molar-refractivity contribution in [1.29, 1.82) is 0 Å². The van der Waals surface area contributed by atoms with Crippen molar-refractivity contribution in [2.24, 2.45) is 7.05 Å². The average molecular weight is 246 g/mol. The highest BCUT2D eigenvalue weighted by molar-refractivity contribution is 5.96. The summed E-state index contributed by atoms with van der Waals surface area (Å²) in [5.41, 5.74) is 2.60. The molecular weight excluding hydrogens is 232 g/mol. The summed E-state index contributed by atoms with van der Waals surface area (Å²) >= 11 is 0. The summed E-state index contributed by atoms with van der Waals surface area (Å²) in [5, 5.41) is 13.4. The van der Waals surface area contributed by atoms with Crippen molar-refractivity contribution >= 4 is 5.97 Å². The lowest BCUT2D eigenvalue weighted by Gasteiger charge is -2.08. The molecule has 0 saturated carbocycles. The van der Waals surface area contributed by atoms with Crippen LogP contribution < -0.4 is 4.74 Å². The monoisotopic (exact) mass is 246 g/mol. The van der Waals surface area contributed by atoms with Crippen LogP contribution in [0.1, 0.15) is 16.1 Å². The molecule has 0 aliphatic heterocycles. The lowest BCUT2D eigenvalue weighted by Crippen LogP contribution is -2.01. The van der Waals surface area contributed by atoms with Crippen LogP contribution in [0.4, 0.5) is 0 Å². The van der Waals surface area contributed by atoms with Gasteiger partial charge in [0.2, 0.25) is 0 Å². The Labute approximate surface area is 105 Å². The Morgan fingerprint density at radius 3 is 2.61 bits per heavy atom. The molecule has 18 heavy (non-hydrogen) atoms. The highest BCUT2D eigenvalue weighted by atomic mass is 16.5. The number of carbonyl (C=O) groups is 1. The van der Waals surface area contributed by atoms with E-state index in [1.165, 1.54) is 13.2 Å². The molecule has 94 valence electrons. The first-order chi connectivity index (χ1) is 8.54. The summed E-state index contributed by atoms with van der Waals surface area (Å²) in [4.78, 5) is 11.3. The fraction of sp³-hybridized carbons (Fsp3) is 0.231. The van der Waals surface area contributed by atoms with Gasteiger partial charge in [0.1, 0.15) is 5.75 Å². The number of rotatable bonds is 3. The Balaban J connectivity index is 2.64. The predicted molar refractivity (Wildman–Crippen MR) is 66.9 cm³/mol. The molecule has 0 amide bonds. The Morgan fingerprint density at radius 2 is 2.11 bits per heavy atom. The van der Waals surface area contributed by atoms with Gasteiger partial charge < -0.3 is 9.84 Å². The van der Waals surface area contributed by atoms with E-state index in [1.807, 2.05) is 14.0 Å². The van der Waals surface area contributed by atoms with Crippen LogP contribution in [0.25, 0.3) is 11.1 Å². The summed E-state index contributed by atoms with van der Waals surface area (Å²) in [5.74, 6) is -0.454. The van der Waals surface area contributed by atoms with Gasteiger partial charge in [0.15, 0.2) is 0 Å². The van der Waals surface area contributed by atoms with Crippen LogP contribution >= 0.6 is 0 Å². The quantitative estimate of drug-likeness (QED) is 0.900. The molecule has 1 heterocycles. The molecule has 0 saturated heterocycles. The molecule has 1 aromatic carbocycles. The lowest BCUT2D eigenvalue weighted by atomic mass is 10.00. The molecule has 0 fully saturated rings. The number of hydrogen-bond acceptors (Lipinski definition) is 3. The number of methoxy groups -OCH3 is 1. The molecule has 0 unspecified atom stereocenters. The molecule has 0 radical (unpaired) electrons. The second-order valence-electron chi connectivity index (χ2n) is 3.98. The largest absolute Gasteiger partial charge is 0.497 e. The van der Waals surface area contributed by atoms with Gasteiger partial charge in [0, 0.05) is 18.3 Å². The average Bonchev–Trinajstić information content (AvgIpc) is 2.69. The lowest BCUT2D eigenvalue weighted by molar-refractivity contribution is 0.0697. The Kier molecular flexibility index (Phi) is 3.06. The summed E-state index contributed by atoms with van der Waals surface area (Å²) < 4.78 is 6.76. The van der Waals surface area contributed by atoms with Crippen molar-refractivity contribution in [1.82, 2.24) is 9.78 Å². The van der Waals surface area contributed by atoms with Gasteiger partial charge in [0.25, 0.3) is 0 Å². The zero-order valence-corrected chi connectivity index (χ0v) is 10.5. The number of aryl methyl sites for hydroxylation is 1. The fourth-order valence-electron chi connectivity index (χ4n) is 1.83. The third-order valence-corrected chi connectivity index (χ3v) is 2.98. The maximum absolute atomic E-state index is 11.3. The molecule has 0 bridgehead atoms. The SMILES string of the molecule is COc1ccc(-c2cnn(C)c2C)c(C(=O)O)c1. The van der Waals surface area contributed by atoms with Crippen molar-refractivity contribution in [3.63, 3.8) is 0 Å². The summed E-state index contributed by atoms with van der Waals surface area (Å²) in [6.45, 7) is 1.90. The van der Waals surface area contributed by atoms with Gasteiger partial charge in [-0.25, -0.2) is 4.79 Å². The van der Waals surface area contributed by atoms with Crippen LogP contribution in [-0.2, 0) is 7.05 Å². The van der Waals surface area contributed by atoms with E-state index in [1.54, 1.807) is 23.0 Å². The summed E-state index contributed by atoms with van der Waals surface area (Å²) in [6.07, 6.45) is 1.67. The van der Waals surface area contributed by atoms with Gasteiger partial charge in [-0.1, -0.05) is 0 Å². The molecule has 0 spiro atoms. The molecule has 0 aliphatic rings. The van der Waals surface area contributed by atoms with Gasteiger partial charge in [0.05, 0.1) is 18.9 Å². The van der Waals surface area contributed by atoms with Gasteiger partial charge in [-0.05, 0) is 30.7 Å². The van der Waals surface area contributed by atoms with Crippen LogP contribution in [-0.4, -0.2) is 28.0 Å². The number of aromatic nitrogens is 2. The number of hydrogen-bond donors (Lipinski definition) is 1. The number of benzene rings is 1. The zero-order valence-electron chi connectivity index (χ0n) is 10.5. The Hall–Kier alpha value is -2.30. The number of carboxylic acid groups (broad SMARTS) is 1.